The fourth-order valence-electron chi connectivity index (χ4n) is 3.08. The van der Waals surface area contributed by atoms with Gasteiger partial charge in [0, 0.05) is 11.1 Å². The number of nitrogens with zero attached hydrogens (tertiary/aromatic N) is 3. The van der Waals surface area contributed by atoms with Gasteiger partial charge in [0.1, 0.15) is 5.52 Å². The molecule has 2 heterocycles. The van der Waals surface area contributed by atoms with E-state index in [9.17, 15) is 0 Å². The molecule has 0 aliphatic rings. The van der Waals surface area contributed by atoms with Crippen molar-refractivity contribution in [2.75, 3.05) is 0 Å². The van der Waals surface area contributed by atoms with Gasteiger partial charge >= 0.3 is 0 Å². The van der Waals surface area contributed by atoms with Gasteiger partial charge in [0.25, 0.3) is 5.89 Å². The van der Waals surface area contributed by atoms with Crippen molar-refractivity contribution >= 4 is 23.3 Å². The molecule has 154 valence electrons. The molecule has 31 heavy (non-hydrogen) atoms. The van der Waals surface area contributed by atoms with Gasteiger partial charge in [-0.15, -0.1) is 0 Å². The largest absolute Gasteiger partial charge is 0.436 e. The monoisotopic (exact) mass is 409 g/mol. The maximum atomic E-state index is 5.83. The van der Waals surface area contributed by atoms with Gasteiger partial charge < -0.3 is 8.94 Å². The van der Waals surface area contributed by atoms with Crippen molar-refractivity contribution < 1.29 is 8.94 Å². The molecule has 0 radical (unpaired) electrons. The van der Waals surface area contributed by atoms with Crippen LogP contribution >= 0.6 is 0 Å². The normalized spacial score (nSPS) is 10.9. The first-order valence-electron chi connectivity index (χ1n) is 10.3. The van der Waals surface area contributed by atoms with E-state index in [1.54, 1.807) is 6.92 Å². The molecule has 3 aromatic carbocycles. The highest BCUT2D eigenvalue weighted by molar-refractivity contribution is 5.77. The van der Waals surface area contributed by atoms with Crippen LogP contribution in [0.2, 0.25) is 0 Å². The molecule has 0 aliphatic carbocycles. The molecular formula is C26H23N3O2. The number of fused-ring (bicyclic) bond motifs is 1. The van der Waals surface area contributed by atoms with Gasteiger partial charge in [-0.05, 0) is 54.4 Å². The Morgan fingerprint density at radius 2 is 1.26 bits per heavy atom. The van der Waals surface area contributed by atoms with Gasteiger partial charge in [0.15, 0.2) is 11.4 Å². The Bertz CT molecular complexity index is 1260. The second kappa shape index (κ2) is 9.22. The van der Waals surface area contributed by atoms with E-state index in [2.05, 4.69) is 39.4 Å². The van der Waals surface area contributed by atoms with E-state index in [4.69, 9.17) is 8.94 Å². The molecule has 5 heteroatoms. The Labute approximate surface area is 181 Å². The first kappa shape index (κ1) is 20.3. The molecule has 0 bridgehead atoms. The van der Waals surface area contributed by atoms with Crippen LogP contribution in [-0.2, 0) is 0 Å². The summed E-state index contributed by atoms with van der Waals surface area (Å²) in [5.41, 5.74) is 5.72. The zero-order valence-electron chi connectivity index (χ0n) is 17.7. The quantitative estimate of drug-likeness (QED) is 0.298. The van der Waals surface area contributed by atoms with Crippen LogP contribution in [0, 0.1) is 6.92 Å². The topological polar surface area (TPSA) is 65.0 Å². The Hall–Kier alpha value is -3.99. The van der Waals surface area contributed by atoms with Crippen molar-refractivity contribution in [3.05, 3.63) is 89.7 Å². The Balaban J connectivity index is 0.00000112. The highest BCUT2D eigenvalue weighted by Crippen LogP contribution is 2.25. The summed E-state index contributed by atoms with van der Waals surface area (Å²) in [7, 11) is 0. The van der Waals surface area contributed by atoms with E-state index >= 15 is 0 Å². The van der Waals surface area contributed by atoms with Crippen LogP contribution in [0.15, 0.2) is 81.7 Å². The molecule has 0 aliphatic heterocycles. The predicted molar refractivity (Wildman–Crippen MR) is 124 cm³/mol. The van der Waals surface area contributed by atoms with E-state index < -0.39 is 0 Å². The van der Waals surface area contributed by atoms with E-state index in [0.29, 0.717) is 17.6 Å². The summed E-state index contributed by atoms with van der Waals surface area (Å²) >= 11 is 0. The third kappa shape index (κ3) is 4.61. The van der Waals surface area contributed by atoms with Crippen molar-refractivity contribution in [1.29, 1.82) is 0 Å². The van der Waals surface area contributed by atoms with Gasteiger partial charge in [-0.2, -0.15) is 4.98 Å². The molecule has 5 rings (SSSR count). The minimum atomic E-state index is 0.535. The minimum Gasteiger partial charge on any atom is -0.436 e. The lowest BCUT2D eigenvalue weighted by atomic mass is 10.1. The van der Waals surface area contributed by atoms with E-state index in [1.807, 2.05) is 74.5 Å². The number of para-hydroxylation sites is 2. The number of oxazole rings is 1. The van der Waals surface area contributed by atoms with Gasteiger partial charge in [0.2, 0.25) is 5.89 Å². The first-order chi connectivity index (χ1) is 15.2. The molecule has 0 atom stereocenters. The second-order valence-electron chi connectivity index (χ2n) is 6.71. The SMILES string of the molecule is CC.Cc1noc(-c2ccc(/C=C/c3ccc(-c4nc5ccccc5o4)cc3)cc2)n1. The lowest BCUT2D eigenvalue weighted by molar-refractivity contribution is 0.425. The van der Waals surface area contributed by atoms with Crippen LogP contribution in [0.3, 0.4) is 0 Å². The maximum Gasteiger partial charge on any atom is 0.257 e. The van der Waals surface area contributed by atoms with Crippen molar-refractivity contribution in [1.82, 2.24) is 15.1 Å². The lowest BCUT2D eigenvalue weighted by Gasteiger charge is -1.99. The Morgan fingerprint density at radius 3 is 1.81 bits per heavy atom. The molecule has 0 N–H and O–H groups in total. The van der Waals surface area contributed by atoms with Crippen molar-refractivity contribution in [2.45, 2.75) is 20.8 Å². The molecule has 0 saturated carbocycles. The Morgan fingerprint density at radius 1 is 0.677 bits per heavy atom. The third-order valence-electron chi connectivity index (χ3n) is 4.60. The zero-order valence-corrected chi connectivity index (χ0v) is 17.7. The summed E-state index contributed by atoms with van der Waals surface area (Å²) in [4.78, 5) is 8.78. The number of hydrogen-bond acceptors (Lipinski definition) is 5. The molecule has 0 amide bonds. The number of hydrogen-bond donors (Lipinski definition) is 0. The molecule has 0 saturated heterocycles. The van der Waals surface area contributed by atoms with Gasteiger partial charge in [-0.3, -0.25) is 0 Å². The van der Waals surface area contributed by atoms with E-state index in [0.717, 1.165) is 33.4 Å². The van der Waals surface area contributed by atoms with E-state index in [1.165, 1.54) is 0 Å². The molecular weight excluding hydrogens is 386 g/mol. The zero-order chi connectivity index (χ0) is 21.6. The van der Waals surface area contributed by atoms with Crippen LogP contribution in [0.1, 0.15) is 30.8 Å². The molecule has 5 aromatic rings. The molecule has 5 nitrogen and oxygen atoms in total. The summed E-state index contributed by atoms with van der Waals surface area (Å²) in [5.74, 6) is 1.80. The second-order valence-corrected chi connectivity index (χ2v) is 6.71. The highest BCUT2D eigenvalue weighted by Gasteiger charge is 2.07. The smallest absolute Gasteiger partial charge is 0.257 e. The summed E-state index contributed by atoms with van der Waals surface area (Å²) in [5, 5.41) is 3.82. The summed E-state index contributed by atoms with van der Waals surface area (Å²) < 4.78 is 11.0. The number of aryl methyl sites for hydroxylation is 1. The highest BCUT2D eigenvalue weighted by atomic mass is 16.5. The van der Waals surface area contributed by atoms with Crippen LogP contribution in [0.5, 0.6) is 0 Å². The molecule has 0 spiro atoms. The van der Waals surface area contributed by atoms with Crippen LogP contribution in [0.25, 0.3) is 46.2 Å². The van der Waals surface area contributed by atoms with Crippen molar-refractivity contribution in [3.63, 3.8) is 0 Å². The van der Waals surface area contributed by atoms with Gasteiger partial charge in [-0.25, -0.2) is 4.98 Å². The summed E-state index contributed by atoms with van der Waals surface area (Å²) in [6.07, 6.45) is 4.14. The summed E-state index contributed by atoms with van der Waals surface area (Å²) in [6.45, 7) is 5.81. The lowest BCUT2D eigenvalue weighted by Crippen LogP contribution is -1.80. The predicted octanol–water partition coefficient (Wildman–Crippen LogP) is 7.05. The number of benzene rings is 3. The van der Waals surface area contributed by atoms with Gasteiger partial charge in [0.05, 0.1) is 0 Å². The average molecular weight is 409 g/mol. The average Bonchev–Trinajstić information content (AvgIpc) is 3.46. The standard InChI is InChI=1S/C24H17N3O2.C2H6/c1-16-25-24(29-27-16)20-14-10-18(11-15-20)7-6-17-8-12-19(13-9-17)23-26-21-4-2-3-5-22(21)28-23;1-2/h2-15H,1H3;1-2H3/b7-6+;. The number of rotatable bonds is 4. The minimum absolute atomic E-state index is 0.535. The van der Waals surface area contributed by atoms with Crippen molar-refractivity contribution in [2.24, 2.45) is 0 Å². The third-order valence-corrected chi connectivity index (χ3v) is 4.60. The molecule has 2 aromatic heterocycles. The van der Waals surface area contributed by atoms with Crippen LogP contribution < -0.4 is 0 Å². The van der Waals surface area contributed by atoms with Crippen LogP contribution in [0.4, 0.5) is 0 Å². The van der Waals surface area contributed by atoms with Crippen molar-refractivity contribution in [3.8, 4) is 22.9 Å². The number of aromatic nitrogens is 3. The van der Waals surface area contributed by atoms with E-state index in [-0.39, 0.29) is 0 Å². The molecule has 0 fully saturated rings. The first-order valence-corrected chi connectivity index (χ1v) is 10.3. The van der Waals surface area contributed by atoms with Gasteiger partial charge in [-0.1, -0.05) is 67.6 Å². The van der Waals surface area contributed by atoms with Crippen LogP contribution in [-0.4, -0.2) is 15.1 Å². The maximum absolute atomic E-state index is 5.83. The fraction of sp³-hybridized carbons (Fsp3) is 0.115. The summed E-state index contributed by atoms with van der Waals surface area (Å²) in [6, 6.07) is 23.9. The fourth-order valence-corrected chi connectivity index (χ4v) is 3.08. The Kier molecular flexibility index (Phi) is 6.03. The molecule has 0 unspecified atom stereocenters.